The molecule has 4 heterocycles. The Morgan fingerprint density at radius 3 is 1.84 bits per heavy atom. The molecule has 5 nitrogen and oxygen atoms in total. The maximum atomic E-state index is 5.03. The molecule has 10 aromatic rings. The van der Waals surface area contributed by atoms with Gasteiger partial charge < -0.3 is 8.97 Å². The fourth-order valence-electron chi connectivity index (χ4n) is 7.83. The standard InChI is InChI=1S/C46H31N5/c1-3-4-23-37-29(2)34-22-14-25-39-41(34)42-40(27-26-36-35-21-11-12-24-38(35)51(37)43(36)42)50(39)33-20-13-19-32(28-33)46-48-44(30-15-7-5-8-16-30)47-45(49-46)31-17-9-6-10-18-31/h3-28H,1H2,2H3/b23-4-. The molecule has 10 rings (SSSR count). The van der Waals surface area contributed by atoms with Gasteiger partial charge in [-0.1, -0.05) is 128 Å². The molecule has 0 saturated carbocycles. The quantitative estimate of drug-likeness (QED) is 0.168. The van der Waals surface area contributed by atoms with Crippen molar-refractivity contribution in [2.75, 3.05) is 0 Å². The lowest BCUT2D eigenvalue weighted by Crippen LogP contribution is -2.01. The Hall–Kier alpha value is -6.85. The van der Waals surface area contributed by atoms with E-state index in [2.05, 4.69) is 107 Å². The van der Waals surface area contributed by atoms with Gasteiger partial charge in [-0.15, -0.1) is 0 Å². The molecule has 51 heavy (non-hydrogen) atoms. The van der Waals surface area contributed by atoms with Crippen LogP contribution in [0.3, 0.4) is 0 Å². The molecule has 0 saturated heterocycles. The lowest BCUT2D eigenvalue weighted by Gasteiger charge is -2.12. The normalized spacial score (nSPS) is 12.0. The van der Waals surface area contributed by atoms with Crippen LogP contribution in [0, 0.1) is 6.92 Å². The van der Waals surface area contributed by atoms with E-state index >= 15 is 0 Å². The number of rotatable bonds is 6. The summed E-state index contributed by atoms with van der Waals surface area (Å²) < 4.78 is 4.85. The Morgan fingerprint density at radius 2 is 1.12 bits per heavy atom. The van der Waals surface area contributed by atoms with Gasteiger partial charge in [0.25, 0.3) is 0 Å². The van der Waals surface area contributed by atoms with Crippen molar-refractivity contribution in [1.82, 2.24) is 23.9 Å². The Morgan fingerprint density at radius 1 is 0.529 bits per heavy atom. The number of para-hydroxylation sites is 1. The average Bonchev–Trinajstić information content (AvgIpc) is 3.68. The van der Waals surface area contributed by atoms with Crippen molar-refractivity contribution < 1.29 is 0 Å². The van der Waals surface area contributed by atoms with Crippen LogP contribution in [0.25, 0.3) is 94.9 Å². The van der Waals surface area contributed by atoms with Gasteiger partial charge in [-0.25, -0.2) is 15.0 Å². The molecular weight excluding hydrogens is 623 g/mol. The highest BCUT2D eigenvalue weighted by Gasteiger charge is 2.24. The second-order valence-electron chi connectivity index (χ2n) is 12.9. The second-order valence-corrected chi connectivity index (χ2v) is 12.9. The van der Waals surface area contributed by atoms with Crippen LogP contribution in [0.2, 0.25) is 0 Å². The van der Waals surface area contributed by atoms with Gasteiger partial charge >= 0.3 is 0 Å². The molecule has 0 spiro atoms. The molecule has 240 valence electrons. The first kappa shape index (κ1) is 29.1. The molecule has 0 N–H and O–H groups in total. The largest absolute Gasteiger partial charge is 0.309 e. The molecule has 0 aliphatic heterocycles. The number of aromatic nitrogens is 5. The molecule has 0 bridgehead atoms. The number of hydrogen-bond acceptors (Lipinski definition) is 3. The number of allylic oxidation sites excluding steroid dienone is 2. The summed E-state index contributed by atoms with van der Waals surface area (Å²) in [6, 6.07) is 48.8. The number of aryl methyl sites for hydroxylation is 1. The first-order valence-corrected chi connectivity index (χ1v) is 17.2. The number of benzene rings is 6. The van der Waals surface area contributed by atoms with Gasteiger partial charge in [0.1, 0.15) is 0 Å². The maximum absolute atomic E-state index is 5.03. The number of nitrogens with zero attached hydrogens (tertiary/aromatic N) is 5. The second kappa shape index (κ2) is 11.4. The zero-order chi connectivity index (χ0) is 34.1. The zero-order valence-electron chi connectivity index (χ0n) is 28.0. The van der Waals surface area contributed by atoms with Gasteiger partial charge in [-0.05, 0) is 54.3 Å². The topological polar surface area (TPSA) is 48.0 Å². The molecule has 0 fully saturated rings. The van der Waals surface area contributed by atoms with E-state index in [0.29, 0.717) is 17.5 Å². The highest BCUT2D eigenvalue weighted by Crippen LogP contribution is 2.44. The van der Waals surface area contributed by atoms with Crippen LogP contribution >= 0.6 is 0 Å². The number of fused-ring (bicyclic) bond motifs is 3. The van der Waals surface area contributed by atoms with Crippen LogP contribution in [0.1, 0.15) is 11.3 Å². The van der Waals surface area contributed by atoms with E-state index in [-0.39, 0.29) is 0 Å². The molecule has 0 aliphatic carbocycles. The molecule has 0 radical (unpaired) electrons. The van der Waals surface area contributed by atoms with Gasteiger partial charge in [0.2, 0.25) is 0 Å². The molecule has 6 aromatic carbocycles. The van der Waals surface area contributed by atoms with Crippen molar-refractivity contribution >= 4 is 55.1 Å². The van der Waals surface area contributed by atoms with E-state index in [4.69, 9.17) is 15.0 Å². The zero-order valence-corrected chi connectivity index (χ0v) is 28.0. The molecule has 0 unspecified atom stereocenters. The van der Waals surface area contributed by atoms with Gasteiger partial charge in [0.05, 0.1) is 22.1 Å². The van der Waals surface area contributed by atoms with Crippen molar-refractivity contribution in [3.8, 4) is 39.9 Å². The van der Waals surface area contributed by atoms with Crippen LogP contribution in [-0.4, -0.2) is 23.9 Å². The predicted molar refractivity (Wildman–Crippen MR) is 212 cm³/mol. The minimum absolute atomic E-state index is 0.632. The van der Waals surface area contributed by atoms with Crippen molar-refractivity contribution in [1.29, 1.82) is 0 Å². The fourth-order valence-corrected chi connectivity index (χ4v) is 7.83. The van der Waals surface area contributed by atoms with Crippen LogP contribution in [-0.2, 0) is 0 Å². The summed E-state index contributed by atoms with van der Waals surface area (Å²) >= 11 is 0. The SMILES string of the molecule is C=C/C=C\c1c(C)c2cccc3c2c2c(ccc4c5ccccc5n1c42)n3-c1cccc(-c2nc(-c3ccccc3)nc(-c3ccccc3)n2)c1. The molecule has 0 atom stereocenters. The van der Waals surface area contributed by atoms with E-state index in [9.17, 15) is 0 Å². The fraction of sp³-hybridized carbons (Fsp3) is 0.0217. The summed E-state index contributed by atoms with van der Waals surface area (Å²) in [5, 5.41) is 6.22. The molecule has 0 amide bonds. The smallest absolute Gasteiger partial charge is 0.164 e. The highest BCUT2D eigenvalue weighted by molar-refractivity contribution is 6.30. The maximum Gasteiger partial charge on any atom is 0.164 e. The third-order valence-corrected chi connectivity index (χ3v) is 10.1. The Kier molecular flexibility index (Phi) is 6.48. The summed E-state index contributed by atoms with van der Waals surface area (Å²) in [6.07, 6.45) is 6.08. The van der Waals surface area contributed by atoms with E-state index in [1.54, 1.807) is 0 Å². The predicted octanol–water partition coefficient (Wildman–Crippen LogP) is 11.5. The van der Waals surface area contributed by atoms with Gasteiger partial charge in [0.15, 0.2) is 17.5 Å². The Balaban J connectivity index is 1.27. The van der Waals surface area contributed by atoms with Crippen LogP contribution in [0.5, 0.6) is 0 Å². The molecule has 4 aromatic heterocycles. The van der Waals surface area contributed by atoms with E-state index < -0.39 is 0 Å². The van der Waals surface area contributed by atoms with Crippen LogP contribution in [0.15, 0.2) is 158 Å². The molecule has 5 heteroatoms. The average molecular weight is 654 g/mol. The third-order valence-electron chi connectivity index (χ3n) is 10.1. The summed E-state index contributed by atoms with van der Waals surface area (Å²) in [5.41, 5.74) is 11.0. The number of hydrogen-bond donors (Lipinski definition) is 0. The molecule has 0 aliphatic rings. The van der Waals surface area contributed by atoms with Crippen LogP contribution in [0.4, 0.5) is 0 Å². The van der Waals surface area contributed by atoms with Gasteiger partial charge in [-0.2, -0.15) is 0 Å². The minimum atomic E-state index is 0.632. The van der Waals surface area contributed by atoms with E-state index in [1.807, 2.05) is 72.8 Å². The van der Waals surface area contributed by atoms with Gasteiger partial charge in [0, 0.05) is 49.6 Å². The van der Waals surface area contributed by atoms with Crippen molar-refractivity contribution in [3.05, 3.63) is 170 Å². The van der Waals surface area contributed by atoms with Crippen molar-refractivity contribution in [3.63, 3.8) is 0 Å². The summed E-state index contributed by atoms with van der Waals surface area (Å²) in [5.74, 6) is 1.92. The molecular formula is C46H31N5. The lowest BCUT2D eigenvalue weighted by atomic mass is 10.0. The van der Waals surface area contributed by atoms with Crippen molar-refractivity contribution in [2.45, 2.75) is 6.92 Å². The van der Waals surface area contributed by atoms with Gasteiger partial charge in [-0.3, -0.25) is 0 Å². The third kappa shape index (κ3) is 4.38. The lowest BCUT2D eigenvalue weighted by molar-refractivity contribution is 1.07. The summed E-state index contributed by atoms with van der Waals surface area (Å²) in [4.78, 5) is 15.0. The van der Waals surface area contributed by atoms with E-state index in [1.165, 1.54) is 43.5 Å². The first-order valence-electron chi connectivity index (χ1n) is 17.2. The highest BCUT2D eigenvalue weighted by atomic mass is 15.0. The Labute approximate surface area is 294 Å². The summed E-state index contributed by atoms with van der Waals surface area (Å²) in [7, 11) is 0. The monoisotopic (exact) mass is 653 g/mol. The van der Waals surface area contributed by atoms with E-state index in [0.717, 1.165) is 39.1 Å². The first-order chi connectivity index (χ1) is 25.2. The summed E-state index contributed by atoms with van der Waals surface area (Å²) in [6.45, 7) is 6.22. The van der Waals surface area contributed by atoms with Crippen molar-refractivity contribution in [2.24, 2.45) is 0 Å². The van der Waals surface area contributed by atoms with Crippen LogP contribution < -0.4 is 0 Å². The minimum Gasteiger partial charge on any atom is -0.309 e. The Bertz CT molecular complexity index is 2930.